The van der Waals surface area contributed by atoms with Crippen molar-refractivity contribution in [1.82, 2.24) is 5.32 Å². The van der Waals surface area contributed by atoms with Crippen LogP contribution < -0.4 is 15.0 Å². The van der Waals surface area contributed by atoms with Gasteiger partial charge in [-0.25, -0.2) is 0 Å². The lowest BCUT2D eigenvalue weighted by molar-refractivity contribution is -0.125. The minimum absolute atomic E-state index is 0.0463. The first-order chi connectivity index (χ1) is 10.7. The van der Waals surface area contributed by atoms with Gasteiger partial charge >= 0.3 is 0 Å². The SMILES string of the molecule is COc1cccc(N2C[C@H](NC(=O)C3CCCC3)CC2=O)c1. The van der Waals surface area contributed by atoms with E-state index in [1.165, 1.54) is 0 Å². The molecule has 5 nitrogen and oxygen atoms in total. The van der Waals surface area contributed by atoms with Crippen LogP contribution in [-0.2, 0) is 9.59 Å². The van der Waals surface area contributed by atoms with Gasteiger partial charge in [0.05, 0.1) is 13.2 Å². The topological polar surface area (TPSA) is 58.6 Å². The molecule has 0 radical (unpaired) electrons. The second kappa shape index (κ2) is 6.38. The number of benzene rings is 1. The van der Waals surface area contributed by atoms with Gasteiger partial charge in [0.1, 0.15) is 5.75 Å². The van der Waals surface area contributed by atoms with Crippen molar-refractivity contribution in [2.24, 2.45) is 5.92 Å². The number of hydrogen-bond donors (Lipinski definition) is 1. The maximum Gasteiger partial charge on any atom is 0.229 e. The fraction of sp³-hybridized carbons (Fsp3) is 0.529. The maximum atomic E-state index is 12.2. The van der Waals surface area contributed by atoms with Gasteiger partial charge in [0.15, 0.2) is 0 Å². The highest BCUT2D eigenvalue weighted by Crippen LogP contribution is 2.27. The molecular weight excluding hydrogens is 280 g/mol. The summed E-state index contributed by atoms with van der Waals surface area (Å²) in [7, 11) is 1.61. The van der Waals surface area contributed by atoms with Crippen LogP contribution in [0.25, 0.3) is 0 Å². The highest BCUT2D eigenvalue weighted by atomic mass is 16.5. The fourth-order valence-electron chi connectivity index (χ4n) is 3.34. The van der Waals surface area contributed by atoms with Crippen LogP contribution >= 0.6 is 0 Å². The van der Waals surface area contributed by atoms with Crippen molar-refractivity contribution in [3.05, 3.63) is 24.3 Å². The number of carbonyl (C=O) groups is 2. The maximum absolute atomic E-state index is 12.2. The molecule has 2 fully saturated rings. The Balaban J connectivity index is 1.63. The lowest BCUT2D eigenvalue weighted by Gasteiger charge is -2.19. The molecule has 0 unspecified atom stereocenters. The Morgan fingerprint density at radius 2 is 2.09 bits per heavy atom. The van der Waals surface area contributed by atoms with Crippen LogP contribution in [0.5, 0.6) is 5.75 Å². The van der Waals surface area contributed by atoms with Crippen molar-refractivity contribution in [3.8, 4) is 5.75 Å². The number of nitrogens with one attached hydrogen (secondary N) is 1. The van der Waals surface area contributed by atoms with Gasteiger partial charge in [-0.2, -0.15) is 0 Å². The molecule has 118 valence electrons. The lowest BCUT2D eigenvalue weighted by atomic mass is 10.1. The summed E-state index contributed by atoms with van der Waals surface area (Å²) in [6.07, 6.45) is 4.60. The summed E-state index contributed by atoms with van der Waals surface area (Å²) in [5.74, 6) is 1.03. The Labute approximate surface area is 130 Å². The van der Waals surface area contributed by atoms with Crippen molar-refractivity contribution in [2.45, 2.75) is 38.1 Å². The van der Waals surface area contributed by atoms with Crippen molar-refractivity contribution in [3.63, 3.8) is 0 Å². The monoisotopic (exact) mass is 302 g/mol. The van der Waals surface area contributed by atoms with E-state index in [0.29, 0.717) is 13.0 Å². The number of rotatable bonds is 4. The highest BCUT2D eigenvalue weighted by molar-refractivity contribution is 5.97. The summed E-state index contributed by atoms with van der Waals surface area (Å²) in [6, 6.07) is 7.36. The quantitative estimate of drug-likeness (QED) is 0.926. The van der Waals surface area contributed by atoms with Crippen molar-refractivity contribution < 1.29 is 14.3 Å². The van der Waals surface area contributed by atoms with E-state index in [0.717, 1.165) is 37.1 Å². The third kappa shape index (κ3) is 3.08. The smallest absolute Gasteiger partial charge is 0.229 e. The predicted octanol–water partition coefficient (Wildman–Crippen LogP) is 2.11. The average molecular weight is 302 g/mol. The zero-order valence-electron chi connectivity index (χ0n) is 12.9. The number of anilines is 1. The van der Waals surface area contributed by atoms with Gasteiger partial charge in [-0.05, 0) is 25.0 Å². The molecule has 1 aromatic carbocycles. The summed E-state index contributed by atoms with van der Waals surface area (Å²) in [6.45, 7) is 0.532. The molecule has 5 heteroatoms. The summed E-state index contributed by atoms with van der Waals surface area (Å²) < 4.78 is 5.20. The molecule has 1 atom stereocenters. The number of methoxy groups -OCH3 is 1. The zero-order chi connectivity index (χ0) is 15.5. The second-order valence-corrected chi connectivity index (χ2v) is 6.10. The van der Waals surface area contributed by atoms with Gasteiger partial charge in [0.2, 0.25) is 11.8 Å². The molecule has 1 N–H and O–H groups in total. The van der Waals surface area contributed by atoms with E-state index in [1.54, 1.807) is 12.0 Å². The van der Waals surface area contributed by atoms with Gasteiger partial charge in [0.25, 0.3) is 0 Å². The third-order valence-electron chi connectivity index (χ3n) is 4.56. The normalized spacial score (nSPS) is 22.1. The van der Waals surface area contributed by atoms with Gasteiger partial charge in [-0.1, -0.05) is 18.9 Å². The Morgan fingerprint density at radius 1 is 1.32 bits per heavy atom. The third-order valence-corrected chi connectivity index (χ3v) is 4.56. The minimum Gasteiger partial charge on any atom is -0.497 e. The fourth-order valence-corrected chi connectivity index (χ4v) is 3.34. The molecule has 1 aromatic rings. The number of nitrogens with zero attached hydrogens (tertiary/aromatic N) is 1. The van der Waals surface area contributed by atoms with E-state index in [-0.39, 0.29) is 23.8 Å². The summed E-state index contributed by atoms with van der Waals surface area (Å²) >= 11 is 0. The summed E-state index contributed by atoms with van der Waals surface area (Å²) in [5, 5.41) is 3.05. The van der Waals surface area contributed by atoms with E-state index in [9.17, 15) is 9.59 Å². The van der Waals surface area contributed by atoms with E-state index in [4.69, 9.17) is 4.74 Å². The van der Waals surface area contributed by atoms with E-state index in [1.807, 2.05) is 24.3 Å². The van der Waals surface area contributed by atoms with Crippen LogP contribution in [0.4, 0.5) is 5.69 Å². The first-order valence-electron chi connectivity index (χ1n) is 7.92. The number of ether oxygens (including phenoxy) is 1. The number of amides is 2. The minimum atomic E-state index is -0.0909. The average Bonchev–Trinajstić information content (AvgIpc) is 3.17. The summed E-state index contributed by atoms with van der Waals surface area (Å²) in [5.41, 5.74) is 0.821. The molecule has 1 aliphatic heterocycles. The summed E-state index contributed by atoms with van der Waals surface area (Å²) in [4.78, 5) is 26.1. The van der Waals surface area contributed by atoms with E-state index < -0.39 is 0 Å². The van der Waals surface area contributed by atoms with E-state index >= 15 is 0 Å². The molecule has 2 aliphatic rings. The van der Waals surface area contributed by atoms with Crippen LogP contribution in [0.1, 0.15) is 32.1 Å². The molecule has 1 aliphatic carbocycles. The van der Waals surface area contributed by atoms with Crippen LogP contribution in [0.2, 0.25) is 0 Å². The van der Waals surface area contributed by atoms with Gasteiger partial charge < -0.3 is 15.0 Å². The van der Waals surface area contributed by atoms with Gasteiger partial charge in [-0.3, -0.25) is 9.59 Å². The van der Waals surface area contributed by atoms with E-state index in [2.05, 4.69) is 5.32 Å². The van der Waals surface area contributed by atoms with Crippen LogP contribution in [-0.4, -0.2) is 31.5 Å². The molecule has 1 saturated carbocycles. The Kier molecular flexibility index (Phi) is 4.32. The molecule has 1 saturated heterocycles. The second-order valence-electron chi connectivity index (χ2n) is 6.10. The molecule has 0 aromatic heterocycles. The molecule has 0 bridgehead atoms. The van der Waals surface area contributed by atoms with Crippen LogP contribution in [0, 0.1) is 5.92 Å². The van der Waals surface area contributed by atoms with Gasteiger partial charge in [0, 0.05) is 30.6 Å². The number of hydrogen-bond acceptors (Lipinski definition) is 3. The molecule has 3 rings (SSSR count). The van der Waals surface area contributed by atoms with Crippen LogP contribution in [0.3, 0.4) is 0 Å². The standard InChI is InChI=1S/C17H22N2O3/c1-22-15-8-4-7-14(10-15)19-11-13(9-16(19)20)18-17(21)12-5-2-3-6-12/h4,7-8,10,12-13H,2-3,5-6,9,11H2,1H3,(H,18,21)/t13-/m1/s1. The van der Waals surface area contributed by atoms with Crippen molar-refractivity contribution in [2.75, 3.05) is 18.6 Å². The van der Waals surface area contributed by atoms with Crippen molar-refractivity contribution in [1.29, 1.82) is 0 Å². The highest BCUT2D eigenvalue weighted by Gasteiger charge is 2.33. The van der Waals surface area contributed by atoms with Crippen molar-refractivity contribution >= 4 is 17.5 Å². The van der Waals surface area contributed by atoms with Gasteiger partial charge in [-0.15, -0.1) is 0 Å². The first-order valence-corrected chi connectivity index (χ1v) is 7.92. The molecule has 0 spiro atoms. The number of carbonyl (C=O) groups excluding carboxylic acids is 2. The largest absolute Gasteiger partial charge is 0.497 e. The Hall–Kier alpha value is -2.04. The lowest BCUT2D eigenvalue weighted by Crippen LogP contribution is -2.40. The molecule has 1 heterocycles. The first kappa shape index (κ1) is 14.9. The Bertz CT molecular complexity index is 567. The molecule has 2 amide bonds. The predicted molar refractivity (Wildman–Crippen MR) is 83.9 cm³/mol. The van der Waals surface area contributed by atoms with Crippen LogP contribution in [0.15, 0.2) is 24.3 Å². The zero-order valence-corrected chi connectivity index (χ0v) is 12.9. The Morgan fingerprint density at radius 3 is 2.82 bits per heavy atom. The molecule has 22 heavy (non-hydrogen) atoms. The molecular formula is C17H22N2O3.